The summed E-state index contributed by atoms with van der Waals surface area (Å²) in [7, 11) is 0. The van der Waals surface area contributed by atoms with E-state index in [2.05, 4.69) is 9.97 Å². The molecule has 0 bridgehead atoms. The van der Waals surface area contributed by atoms with Gasteiger partial charge in [-0.25, -0.2) is 9.97 Å². The van der Waals surface area contributed by atoms with Crippen molar-refractivity contribution >= 4 is 32.5 Å². The Morgan fingerprint density at radius 1 is 1.00 bits per heavy atom. The molecule has 6 aromatic rings. The number of thiazole rings is 1. The summed E-state index contributed by atoms with van der Waals surface area (Å²) in [5, 5.41) is 1.08. The summed E-state index contributed by atoms with van der Waals surface area (Å²) in [6.45, 7) is 2.53. The van der Waals surface area contributed by atoms with Gasteiger partial charge in [-0.05, 0) is 24.6 Å². The molecule has 0 radical (unpaired) electrons. The quantitative estimate of drug-likeness (QED) is 0.418. The number of aromatic nitrogens is 6. The Bertz CT molecular complexity index is 1720. The maximum atomic E-state index is 13.9. The average molecular weight is 469 g/mol. The number of para-hydroxylation sites is 1. The smallest absolute Gasteiger partial charge is 0.283 e. The van der Waals surface area contributed by atoms with E-state index >= 15 is 0 Å². The van der Waals surface area contributed by atoms with Crippen LogP contribution in [0.3, 0.4) is 0 Å². The molecule has 1 N–H and O–H groups in total. The fourth-order valence-electron chi connectivity index (χ4n) is 4.33. The van der Waals surface area contributed by atoms with E-state index in [9.17, 15) is 9.59 Å². The van der Waals surface area contributed by atoms with E-state index in [-0.39, 0.29) is 17.7 Å². The van der Waals surface area contributed by atoms with Gasteiger partial charge < -0.3 is 9.55 Å². The average Bonchev–Trinajstić information content (AvgIpc) is 3.56. The van der Waals surface area contributed by atoms with Crippen LogP contribution in [0.1, 0.15) is 17.0 Å². The van der Waals surface area contributed by atoms with Gasteiger partial charge in [0.1, 0.15) is 0 Å². The Balaban J connectivity index is 1.64. The summed E-state index contributed by atoms with van der Waals surface area (Å²) in [6.07, 6.45) is 3.32. The van der Waals surface area contributed by atoms with Crippen LogP contribution in [0.15, 0.2) is 82.8 Å². The third kappa shape index (κ3) is 3.29. The fraction of sp³-hybridized carbons (Fsp3) is 0.120. The van der Waals surface area contributed by atoms with Gasteiger partial charge in [0.05, 0.1) is 46.2 Å². The lowest BCUT2D eigenvalue weighted by Crippen LogP contribution is -2.24. The zero-order valence-electron chi connectivity index (χ0n) is 18.3. The number of aryl methyl sites for hydroxylation is 1. The van der Waals surface area contributed by atoms with E-state index in [1.807, 2.05) is 66.2 Å². The molecule has 0 aliphatic heterocycles. The molecule has 0 fully saturated rings. The lowest BCUT2D eigenvalue weighted by molar-refractivity contribution is 0.610. The lowest BCUT2D eigenvalue weighted by Gasteiger charge is -2.12. The van der Waals surface area contributed by atoms with Crippen LogP contribution in [-0.4, -0.2) is 28.9 Å². The van der Waals surface area contributed by atoms with E-state index < -0.39 is 0 Å². The molecule has 9 heteroatoms. The molecule has 0 saturated heterocycles. The molecule has 0 amide bonds. The van der Waals surface area contributed by atoms with Gasteiger partial charge in [0.2, 0.25) is 5.13 Å². The number of nitrogens with one attached hydrogen (secondary N) is 1. The first kappa shape index (κ1) is 20.4. The summed E-state index contributed by atoms with van der Waals surface area (Å²) in [4.78, 5) is 38.9. The van der Waals surface area contributed by atoms with Gasteiger partial charge in [0, 0.05) is 18.0 Å². The molecule has 4 heterocycles. The van der Waals surface area contributed by atoms with Crippen molar-refractivity contribution in [3.05, 3.63) is 111 Å². The van der Waals surface area contributed by atoms with Gasteiger partial charge >= 0.3 is 0 Å². The van der Waals surface area contributed by atoms with Crippen LogP contribution in [0.4, 0.5) is 0 Å². The summed E-state index contributed by atoms with van der Waals surface area (Å²) in [5.41, 5.74) is 3.40. The number of hydrogen-bond donors (Lipinski definition) is 1. The Labute approximate surface area is 197 Å². The molecule has 0 spiro atoms. The summed E-state index contributed by atoms with van der Waals surface area (Å²) >= 11 is 1.45. The van der Waals surface area contributed by atoms with Gasteiger partial charge in [-0.15, -0.1) is 0 Å². The van der Waals surface area contributed by atoms with Gasteiger partial charge in [-0.2, -0.15) is 4.68 Å². The number of benzene rings is 2. The van der Waals surface area contributed by atoms with Crippen molar-refractivity contribution in [1.82, 2.24) is 28.9 Å². The van der Waals surface area contributed by atoms with Crippen LogP contribution in [0.5, 0.6) is 0 Å². The van der Waals surface area contributed by atoms with Crippen LogP contribution in [-0.2, 0) is 13.1 Å². The number of nitrogens with zero attached hydrogens (tertiary/aromatic N) is 5. The number of aromatic amines is 1. The van der Waals surface area contributed by atoms with Crippen molar-refractivity contribution in [1.29, 1.82) is 0 Å². The number of pyridine rings is 1. The molecule has 0 atom stereocenters. The molecule has 8 nitrogen and oxygen atoms in total. The monoisotopic (exact) mass is 468 g/mol. The van der Waals surface area contributed by atoms with Crippen LogP contribution in [0.25, 0.3) is 26.3 Å². The Morgan fingerprint density at radius 2 is 1.79 bits per heavy atom. The van der Waals surface area contributed by atoms with Gasteiger partial charge in [0.25, 0.3) is 11.1 Å². The largest absolute Gasteiger partial charge is 0.351 e. The minimum atomic E-state index is -0.196. The van der Waals surface area contributed by atoms with Gasteiger partial charge in [0.15, 0.2) is 0 Å². The van der Waals surface area contributed by atoms with E-state index in [0.29, 0.717) is 28.3 Å². The minimum Gasteiger partial charge on any atom is -0.351 e. The molecule has 4 aromatic heterocycles. The maximum Gasteiger partial charge on any atom is 0.283 e. The Kier molecular flexibility index (Phi) is 4.77. The van der Waals surface area contributed by atoms with Gasteiger partial charge in [-0.1, -0.05) is 53.8 Å². The third-order valence-corrected chi connectivity index (χ3v) is 7.00. The predicted molar refractivity (Wildman–Crippen MR) is 133 cm³/mol. The normalized spacial score (nSPS) is 11.6. The SMILES string of the molecule is Cc1c2c(=O)n(-c3nc4ccccc4s3)n(Cc3ccccc3)c2cc(=O)n1Cc1c[nH]cn1. The number of hydrogen-bond acceptors (Lipinski definition) is 5. The lowest BCUT2D eigenvalue weighted by atomic mass is 10.2. The number of imidazole rings is 1. The molecule has 0 aliphatic carbocycles. The number of H-pyrrole nitrogens is 1. The second kappa shape index (κ2) is 7.96. The molecule has 2 aromatic carbocycles. The molecular formula is C25H20N6O2S. The molecule has 0 saturated carbocycles. The first-order valence-corrected chi connectivity index (χ1v) is 11.7. The third-order valence-electron chi connectivity index (χ3n) is 5.99. The predicted octanol–water partition coefficient (Wildman–Crippen LogP) is 3.69. The first-order chi connectivity index (χ1) is 16.6. The van der Waals surface area contributed by atoms with E-state index in [1.54, 1.807) is 27.8 Å². The molecule has 6 rings (SSSR count). The fourth-order valence-corrected chi connectivity index (χ4v) is 5.31. The number of rotatable bonds is 5. The summed E-state index contributed by atoms with van der Waals surface area (Å²) < 4.78 is 6.05. The molecule has 0 aliphatic rings. The Morgan fingerprint density at radius 3 is 2.56 bits per heavy atom. The van der Waals surface area contributed by atoms with Crippen molar-refractivity contribution < 1.29 is 0 Å². The van der Waals surface area contributed by atoms with Gasteiger partial charge in [-0.3, -0.25) is 14.3 Å². The first-order valence-electron chi connectivity index (χ1n) is 10.8. The molecule has 0 unspecified atom stereocenters. The van der Waals surface area contributed by atoms with Crippen LogP contribution >= 0.6 is 11.3 Å². The molecule has 168 valence electrons. The van der Waals surface area contributed by atoms with Crippen LogP contribution in [0.2, 0.25) is 0 Å². The van der Waals surface area contributed by atoms with E-state index in [1.165, 1.54) is 11.3 Å². The minimum absolute atomic E-state index is 0.184. The molecular weight excluding hydrogens is 448 g/mol. The summed E-state index contributed by atoms with van der Waals surface area (Å²) in [6, 6.07) is 19.2. The van der Waals surface area contributed by atoms with E-state index in [0.717, 1.165) is 21.5 Å². The highest BCUT2D eigenvalue weighted by molar-refractivity contribution is 7.20. The Hall–Kier alpha value is -4.24. The highest BCUT2D eigenvalue weighted by atomic mass is 32.1. The topological polar surface area (TPSA) is 90.5 Å². The highest BCUT2D eigenvalue weighted by Gasteiger charge is 2.22. The standard InChI is InChI=1S/C25H20N6O2S/c1-16-23-20(11-22(32)29(16)14-18-12-26-15-27-18)30(13-17-7-3-2-4-8-17)31(24(23)33)25-28-19-9-5-6-10-21(19)34-25/h2-12,15H,13-14H2,1H3,(H,26,27). The summed E-state index contributed by atoms with van der Waals surface area (Å²) in [5.74, 6) is 0. The van der Waals surface area contributed by atoms with Crippen LogP contribution in [0, 0.1) is 6.92 Å². The van der Waals surface area contributed by atoms with Crippen molar-refractivity contribution in [3.8, 4) is 5.13 Å². The van der Waals surface area contributed by atoms with Crippen LogP contribution < -0.4 is 11.1 Å². The zero-order valence-corrected chi connectivity index (χ0v) is 19.1. The van der Waals surface area contributed by atoms with Crippen molar-refractivity contribution in [2.75, 3.05) is 0 Å². The second-order valence-corrected chi connectivity index (χ2v) is 9.11. The highest BCUT2D eigenvalue weighted by Crippen LogP contribution is 2.26. The number of fused-ring (bicyclic) bond motifs is 2. The maximum absolute atomic E-state index is 13.9. The molecule has 34 heavy (non-hydrogen) atoms. The van der Waals surface area contributed by atoms with Crippen molar-refractivity contribution in [2.45, 2.75) is 20.0 Å². The second-order valence-electron chi connectivity index (χ2n) is 8.10. The van der Waals surface area contributed by atoms with E-state index in [4.69, 9.17) is 4.98 Å². The van der Waals surface area contributed by atoms with Crippen molar-refractivity contribution in [3.63, 3.8) is 0 Å². The van der Waals surface area contributed by atoms with Crippen molar-refractivity contribution in [2.24, 2.45) is 0 Å². The zero-order chi connectivity index (χ0) is 23.2.